The number of fused-ring (bicyclic) bond motifs is 3. The van der Waals surface area contributed by atoms with Gasteiger partial charge in [0.1, 0.15) is 5.54 Å². The second-order valence-corrected chi connectivity index (χ2v) is 8.50. The predicted molar refractivity (Wildman–Crippen MR) is 99.7 cm³/mol. The highest BCUT2D eigenvalue weighted by molar-refractivity contribution is 8.02. The number of nitriles is 1. The summed E-state index contributed by atoms with van der Waals surface area (Å²) in [7, 11) is 0. The van der Waals surface area contributed by atoms with E-state index in [0.29, 0.717) is 12.1 Å². The minimum atomic E-state index is -1.16. The lowest BCUT2D eigenvalue weighted by Gasteiger charge is -2.29. The highest BCUT2D eigenvalue weighted by Gasteiger charge is 2.58. The molecule has 1 aromatic carbocycles. The van der Waals surface area contributed by atoms with Crippen molar-refractivity contribution in [3.63, 3.8) is 0 Å². The topological polar surface area (TPSA) is 99.5 Å². The Morgan fingerprint density at radius 3 is 2.81 bits per heavy atom. The zero-order valence-electron chi connectivity index (χ0n) is 15.4. The van der Waals surface area contributed by atoms with E-state index in [2.05, 4.69) is 11.4 Å². The third-order valence-electron chi connectivity index (χ3n) is 5.11. The van der Waals surface area contributed by atoms with E-state index in [0.717, 1.165) is 4.90 Å². The van der Waals surface area contributed by atoms with Crippen LogP contribution in [-0.2, 0) is 19.1 Å². The third-order valence-corrected chi connectivity index (χ3v) is 6.57. The molecule has 2 atom stereocenters. The number of amides is 2. The average molecular weight is 387 g/mol. The minimum absolute atomic E-state index is 0.108. The molecule has 1 fully saturated rings. The van der Waals surface area contributed by atoms with E-state index in [9.17, 15) is 19.6 Å². The summed E-state index contributed by atoms with van der Waals surface area (Å²) < 4.78 is 5.27. The first-order valence-corrected chi connectivity index (χ1v) is 9.56. The Balaban J connectivity index is 1.71. The number of thioether (sulfide) groups is 1. The first-order valence-electron chi connectivity index (χ1n) is 8.74. The maximum Gasteiger partial charge on any atom is 0.344 e. The number of carbonyl (C=O) groups excluding carboxylic acids is 3. The smallest absolute Gasteiger partial charge is 0.344 e. The van der Waals surface area contributed by atoms with Crippen LogP contribution in [0.15, 0.2) is 29.2 Å². The third kappa shape index (κ3) is 3.16. The van der Waals surface area contributed by atoms with Crippen LogP contribution in [0.5, 0.6) is 0 Å². The van der Waals surface area contributed by atoms with Gasteiger partial charge in [0.2, 0.25) is 5.91 Å². The van der Waals surface area contributed by atoms with Crippen LogP contribution in [0, 0.1) is 17.2 Å². The number of para-hydroxylation sites is 1. The molecule has 0 saturated carbocycles. The highest BCUT2D eigenvalue weighted by atomic mass is 32.2. The van der Waals surface area contributed by atoms with Gasteiger partial charge in [-0.3, -0.25) is 14.5 Å². The fourth-order valence-corrected chi connectivity index (χ4v) is 4.56. The summed E-state index contributed by atoms with van der Waals surface area (Å²) in [5.74, 6) is -1.41. The summed E-state index contributed by atoms with van der Waals surface area (Å²) in [5, 5.41) is 11.9. The molecule has 2 amide bonds. The quantitative estimate of drug-likeness (QED) is 0.778. The maximum absolute atomic E-state index is 12.9. The molecule has 2 heterocycles. The van der Waals surface area contributed by atoms with Crippen LogP contribution in [0.1, 0.15) is 33.6 Å². The molecule has 1 N–H and O–H groups in total. The van der Waals surface area contributed by atoms with Crippen LogP contribution < -0.4 is 10.2 Å². The molecule has 7 nitrogen and oxygen atoms in total. The van der Waals surface area contributed by atoms with E-state index >= 15 is 0 Å². The van der Waals surface area contributed by atoms with Gasteiger partial charge in [-0.05, 0) is 25.0 Å². The van der Waals surface area contributed by atoms with Gasteiger partial charge < -0.3 is 10.1 Å². The monoisotopic (exact) mass is 387 g/mol. The Morgan fingerprint density at radius 2 is 2.15 bits per heavy atom. The Labute approximate surface area is 162 Å². The molecule has 2 aliphatic heterocycles. The zero-order valence-corrected chi connectivity index (χ0v) is 16.3. The van der Waals surface area contributed by atoms with E-state index in [1.165, 1.54) is 16.7 Å². The van der Waals surface area contributed by atoms with Crippen molar-refractivity contribution in [1.29, 1.82) is 5.26 Å². The molecule has 2 aliphatic rings. The van der Waals surface area contributed by atoms with E-state index in [4.69, 9.17) is 4.74 Å². The van der Waals surface area contributed by atoms with Gasteiger partial charge in [-0.1, -0.05) is 37.7 Å². The molecule has 27 heavy (non-hydrogen) atoms. The van der Waals surface area contributed by atoms with Gasteiger partial charge in [-0.2, -0.15) is 5.26 Å². The van der Waals surface area contributed by atoms with Crippen molar-refractivity contribution in [3.05, 3.63) is 24.3 Å². The molecule has 142 valence electrons. The van der Waals surface area contributed by atoms with Gasteiger partial charge in [-0.15, -0.1) is 0 Å². The molecular weight excluding hydrogens is 366 g/mol. The second-order valence-electron chi connectivity index (χ2n) is 7.18. The number of ether oxygens (including phenoxy) is 1. The lowest BCUT2D eigenvalue weighted by Crippen LogP contribution is -2.52. The largest absolute Gasteiger partial charge is 0.453 e. The molecule has 0 radical (unpaired) electrons. The first-order chi connectivity index (χ1) is 12.7. The normalized spacial score (nSPS) is 22.6. The summed E-state index contributed by atoms with van der Waals surface area (Å²) in [4.78, 5) is 38.6. The van der Waals surface area contributed by atoms with Gasteiger partial charge >= 0.3 is 5.97 Å². The molecule has 1 saturated heterocycles. The summed E-state index contributed by atoms with van der Waals surface area (Å²) in [5.41, 5.74) is -0.349. The summed E-state index contributed by atoms with van der Waals surface area (Å²) in [6.45, 7) is 4.77. The molecule has 8 heteroatoms. The lowest BCUT2D eigenvalue weighted by molar-refractivity contribution is -0.151. The van der Waals surface area contributed by atoms with Crippen LogP contribution in [0.25, 0.3) is 0 Å². The van der Waals surface area contributed by atoms with Crippen LogP contribution >= 0.6 is 11.8 Å². The lowest BCUT2D eigenvalue weighted by atomic mass is 9.90. The maximum atomic E-state index is 12.9. The fourth-order valence-electron chi connectivity index (χ4n) is 3.14. The van der Waals surface area contributed by atoms with Crippen LogP contribution in [0.2, 0.25) is 0 Å². The molecule has 0 unspecified atom stereocenters. The van der Waals surface area contributed by atoms with Crippen molar-refractivity contribution in [2.45, 2.75) is 48.9 Å². The van der Waals surface area contributed by atoms with Gasteiger partial charge in [0.25, 0.3) is 5.91 Å². The number of anilines is 1. The van der Waals surface area contributed by atoms with Crippen molar-refractivity contribution in [2.24, 2.45) is 5.92 Å². The number of benzene rings is 1. The fraction of sp³-hybridized carbons (Fsp3) is 0.474. The standard InChI is InChI=1S/C19H21N3O4S/c1-12(2)18(3,11-20)21-15(23)10-26-17(25)19-9-8-16(24)22(19)13-6-4-5-7-14(13)27-19/h4-7,12H,8-10H2,1-3H3,(H,21,23)/t18-,19-/m1/s1. The number of nitrogens with one attached hydrogen (secondary N) is 1. The van der Waals surface area contributed by atoms with Crippen molar-refractivity contribution in [2.75, 3.05) is 11.5 Å². The van der Waals surface area contributed by atoms with Gasteiger partial charge in [0.15, 0.2) is 11.5 Å². The average Bonchev–Trinajstić information content (AvgIpc) is 3.15. The van der Waals surface area contributed by atoms with Gasteiger partial charge in [0.05, 0.1) is 11.8 Å². The summed E-state index contributed by atoms with van der Waals surface area (Å²) >= 11 is 1.29. The molecule has 1 aromatic rings. The van der Waals surface area contributed by atoms with Crippen molar-refractivity contribution in [3.8, 4) is 6.07 Å². The number of carbonyl (C=O) groups is 3. The van der Waals surface area contributed by atoms with E-state index < -0.39 is 28.9 Å². The van der Waals surface area contributed by atoms with E-state index in [1.54, 1.807) is 13.0 Å². The Hall–Kier alpha value is -2.53. The number of nitrogens with zero attached hydrogens (tertiary/aromatic N) is 2. The molecular formula is C19H21N3O4S. The van der Waals surface area contributed by atoms with Crippen LogP contribution in [-0.4, -0.2) is 34.8 Å². The zero-order chi connectivity index (χ0) is 19.8. The first kappa shape index (κ1) is 19.2. The summed E-state index contributed by atoms with van der Waals surface area (Å²) in [6.07, 6.45) is 0.579. The molecule has 0 spiro atoms. The highest BCUT2D eigenvalue weighted by Crippen LogP contribution is 2.56. The minimum Gasteiger partial charge on any atom is -0.453 e. The Kier molecular flexibility index (Phi) is 4.91. The number of rotatable bonds is 5. The van der Waals surface area contributed by atoms with Crippen LogP contribution in [0.4, 0.5) is 5.69 Å². The van der Waals surface area contributed by atoms with E-state index in [1.807, 2.05) is 32.0 Å². The molecule has 0 aromatic heterocycles. The predicted octanol–water partition coefficient (Wildman–Crippen LogP) is 2.21. The summed E-state index contributed by atoms with van der Waals surface area (Å²) in [6, 6.07) is 9.39. The Bertz CT molecular complexity index is 850. The molecule has 0 bridgehead atoms. The molecule has 3 rings (SSSR count). The SMILES string of the molecule is CC(C)[C@@](C)(C#N)NC(=O)COC(=O)[C@]12CCC(=O)N1c1ccccc1S2. The number of hydrogen-bond donors (Lipinski definition) is 1. The van der Waals surface area contributed by atoms with Gasteiger partial charge in [-0.25, -0.2) is 4.79 Å². The van der Waals surface area contributed by atoms with Crippen molar-refractivity contribution in [1.82, 2.24) is 5.32 Å². The van der Waals surface area contributed by atoms with E-state index in [-0.39, 0.29) is 18.2 Å². The number of esters is 1. The Morgan fingerprint density at radius 1 is 1.44 bits per heavy atom. The van der Waals surface area contributed by atoms with Crippen molar-refractivity contribution < 1.29 is 19.1 Å². The molecule has 0 aliphatic carbocycles. The number of hydrogen-bond acceptors (Lipinski definition) is 6. The second kappa shape index (κ2) is 6.89. The van der Waals surface area contributed by atoms with Gasteiger partial charge in [0, 0.05) is 17.7 Å². The van der Waals surface area contributed by atoms with Crippen molar-refractivity contribution >= 4 is 35.2 Å². The van der Waals surface area contributed by atoms with Crippen LogP contribution in [0.3, 0.4) is 0 Å².